The highest BCUT2D eigenvalue weighted by Gasteiger charge is 2.11. The number of hydrogen-bond acceptors (Lipinski definition) is 6. The van der Waals surface area contributed by atoms with Gasteiger partial charge in [-0.1, -0.05) is 12.1 Å². The summed E-state index contributed by atoms with van der Waals surface area (Å²) in [5.74, 6) is -0.735. The van der Waals surface area contributed by atoms with Gasteiger partial charge in [0.1, 0.15) is 11.6 Å². The number of pyridine rings is 1. The molecule has 22 heavy (non-hydrogen) atoms. The van der Waals surface area contributed by atoms with Crippen LogP contribution in [0.2, 0.25) is 0 Å². The van der Waals surface area contributed by atoms with Crippen LogP contribution >= 0.6 is 0 Å². The van der Waals surface area contributed by atoms with Crippen molar-refractivity contribution in [3.63, 3.8) is 0 Å². The zero-order chi connectivity index (χ0) is 15.5. The molecule has 6 nitrogen and oxygen atoms in total. The van der Waals surface area contributed by atoms with Crippen LogP contribution in [0.5, 0.6) is 0 Å². The van der Waals surface area contributed by atoms with E-state index in [1.54, 1.807) is 12.1 Å². The number of halogens is 1. The Labute approximate surface area is 124 Å². The Hall–Kier alpha value is -3.09. The molecule has 0 amide bonds. The summed E-state index contributed by atoms with van der Waals surface area (Å²) in [4.78, 5) is 23.7. The maximum Gasteiger partial charge on any atom is 0.340 e. The number of benzene rings is 1. The first-order valence-corrected chi connectivity index (χ1v) is 6.42. The van der Waals surface area contributed by atoms with Gasteiger partial charge in [0.05, 0.1) is 17.3 Å². The van der Waals surface area contributed by atoms with E-state index >= 15 is 0 Å². The summed E-state index contributed by atoms with van der Waals surface area (Å²) in [6.45, 7) is -0.162. The summed E-state index contributed by atoms with van der Waals surface area (Å²) in [5, 5.41) is 0.729. The Morgan fingerprint density at radius 2 is 2.05 bits per heavy atom. The van der Waals surface area contributed by atoms with E-state index in [9.17, 15) is 9.18 Å². The molecule has 1 aromatic carbocycles. The highest BCUT2D eigenvalue weighted by atomic mass is 19.1. The average Bonchev–Trinajstić information content (AvgIpc) is 2.53. The van der Waals surface area contributed by atoms with Gasteiger partial charge in [0, 0.05) is 11.6 Å². The highest BCUT2D eigenvalue weighted by Crippen LogP contribution is 2.17. The molecular formula is C15H11FN4O2. The van der Waals surface area contributed by atoms with Crippen LogP contribution in [0.3, 0.4) is 0 Å². The van der Waals surface area contributed by atoms with E-state index in [1.807, 2.05) is 12.1 Å². The smallest absolute Gasteiger partial charge is 0.340 e. The second-order valence-corrected chi connectivity index (χ2v) is 4.51. The molecular weight excluding hydrogens is 287 g/mol. The third-order valence-electron chi connectivity index (χ3n) is 2.95. The number of carbonyl (C=O) groups is 1. The van der Waals surface area contributed by atoms with E-state index in [0.717, 1.165) is 17.6 Å². The number of nitrogen functional groups attached to an aromatic ring is 1. The third kappa shape index (κ3) is 2.83. The number of para-hydroxylation sites is 1. The molecule has 0 aliphatic heterocycles. The Morgan fingerprint density at radius 3 is 2.86 bits per heavy atom. The standard InChI is InChI=1S/C15H11FN4O2/c16-10-5-9(6-18-7-10)15(21)22-8-13-19-12-4-2-1-3-11(12)14(17)20-13/h1-7H,8H2,(H2,17,19,20). The van der Waals surface area contributed by atoms with Crippen molar-refractivity contribution in [2.24, 2.45) is 0 Å². The molecule has 3 rings (SSSR count). The van der Waals surface area contributed by atoms with Crippen molar-refractivity contribution in [3.8, 4) is 0 Å². The maximum atomic E-state index is 13.0. The fraction of sp³-hybridized carbons (Fsp3) is 0.0667. The van der Waals surface area contributed by atoms with Crippen LogP contribution in [0.25, 0.3) is 10.9 Å². The van der Waals surface area contributed by atoms with Gasteiger partial charge in [0.25, 0.3) is 0 Å². The number of nitrogens with zero attached hydrogens (tertiary/aromatic N) is 3. The van der Waals surface area contributed by atoms with Gasteiger partial charge in [-0.3, -0.25) is 4.98 Å². The van der Waals surface area contributed by atoms with Crippen molar-refractivity contribution < 1.29 is 13.9 Å². The Balaban J connectivity index is 1.78. The molecule has 0 saturated carbocycles. The topological polar surface area (TPSA) is 91.0 Å². The lowest BCUT2D eigenvalue weighted by molar-refractivity contribution is 0.0461. The Bertz CT molecular complexity index is 854. The van der Waals surface area contributed by atoms with E-state index in [2.05, 4.69) is 15.0 Å². The SMILES string of the molecule is Nc1nc(COC(=O)c2cncc(F)c2)nc2ccccc12. The number of aromatic nitrogens is 3. The third-order valence-corrected chi connectivity index (χ3v) is 2.95. The number of ether oxygens (including phenoxy) is 1. The molecule has 0 fully saturated rings. The van der Waals surface area contributed by atoms with E-state index in [4.69, 9.17) is 10.5 Å². The lowest BCUT2D eigenvalue weighted by Gasteiger charge is -2.06. The predicted molar refractivity (Wildman–Crippen MR) is 77.3 cm³/mol. The van der Waals surface area contributed by atoms with Crippen LogP contribution < -0.4 is 5.73 Å². The zero-order valence-electron chi connectivity index (χ0n) is 11.4. The van der Waals surface area contributed by atoms with Crippen molar-refractivity contribution >= 4 is 22.7 Å². The van der Waals surface area contributed by atoms with Gasteiger partial charge in [0.2, 0.25) is 0 Å². The molecule has 0 aliphatic carbocycles. The number of rotatable bonds is 3. The van der Waals surface area contributed by atoms with Crippen LogP contribution in [-0.2, 0) is 11.3 Å². The Morgan fingerprint density at radius 1 is 1.23 bits per heavy atom. The molecule has 0 unspecified atom stereocenters. The summed E-state index contributed by atoms with van der Waals surface area (Å²) in [7, 11) is 0. The van der Waals surface area contributed by atoms with E-state index in [-0.39, 0.29) is 18.0 Å². The van der Waals surface area contributed by atoms with E-state index in [1.165, 1.54) is 6.20 Å². The van der Waals surface area contributed by atoms with Crippen LogP contribution in [0, 0.1) is 5.82 Å². The number of hydrogen-bond donors (Lipinski definition) is 1. The summed E-state index contributed by atoms with van der Waals surface area (Å²) >= 11 is 0. The van der Waals surface area contributed by atoms with Crippen molar-refractivity contribution in [1.29, 1.82) is 0 Å². The van der Waals surface area contributed by atoms with Gasteiger partial charge >= 0.3 is 5.97 Å². The van der Waals surface area contributed by atoms with Gasteiger partial charge in [0.15, 0.2) is 12.4 Å². The Kier molecular flexibility index (Phi) is 3.61. The molecule has 3 aromatic rings. The normalized spacial score (nSPS) is 10.6. The van der Waals surface area contributed by atoms with Crippen molar-refractivity contribution in [3.05, 3.63) is 59.9 Å². The minimum Gasteiger partial charge on any atom is -0.454 e. The van der Waals surface area contributed by atoms with Crippen molar-refractivity contribution in [2.75, 3.05) is 5.73 Å². The largest absolute Gasteiger partial charge is 0.454 e. The molecule has 2 N–H and O–H groups in total. The number of esters is 1. The molecule has 0 spiro atoms. The summed E-state index contributed by atoms with van der Waals surface area (Å²) in [6, 6.07) is 8.29. The van der Waals surface area contributed by atoms with Crippen molar-refractivity contribution in [1.82, 2.24) is 15.0 Å². The molecule has 0 atom stereocenters. The second kappa shape index (κ2) is 5.72. The average molecular weight is 298 g/mol. The first kappa shape index (κ1) is 13.9. The fourth-order valence-corrected chi connectivity index (χ4v) is 1.95. The lowest BCUT2D eigenvalue weighted by Crippen LogP contribution is -2.09. The molecule has 0 bridgehead atoms. The molecule has 2 heterocycles. The van der Waals surface area contributed by atoms with Crippen LogP contribution in [-0.4, -0.2) is 20.9 Å². The number of carbonyl (C=O) groups excluding carboxylic acids is 1. The van der Waals surface area contributed by atoms with Gasteiger partial charge in [-0.15, -0.1) is 0 Å². The maximum absolute atomic E-state index is 13.0. The number of nitrogens with two attached hydrogens (primary N) is 1. The van der Waals surface area contributed by atoms with Gasteiger partial charge in [-0.25, -0.2) is 19.2 Å². The van der Waals surface area contributed by atoms with Gasteiger partial charge in [-0.2, -0.15) is 0 Å². The first-order valence-electron chi connectivity index (χ1n) is 6.42. The monoisotopic (exact) mass is 298 g/mol. The lowest BCUT2D eigenvalue weighted by atomic mass is 10.2. The number of anilines is 1. The molecule has 2 aromatic heterocycles. The van der Waals surface area contributed by atoms with Crippen LogP contribution in [0.15, 0.2) is 42.7 Å². The molecule has 0 saturated heterocycles. The summed E-state index contributed by atoms with van der Waals surface area (Å²) in [5.41, 5.74) is 6.53. The second-order valence-electron chi connectivity index (χ2n) is 4.51. The summed E-state index contributed by atoms with van der Waals surface area (Å²) in [6.07, 6.45) is 2.23. The van der Waals surface area contributed by atoms with Crippen LogP contribution in [0.4, 0.5) is 10.2 Å². The molecule has 0 aliphatic rings. The van der Waals surface area contributed by atoms with Crippen molar-refractivity contribution in [2.45, 2.75) is 6.61 Å². The fourth-order valence-electron chi connectivity index (χ4n) is 1.95. The highest BCUT2D eigenvalue weighted by molar-refractivity contribution is 5.89. The first-order chi connectivity index (χ1) is 10.6. The van der Waals surface area contributed by atoms with Gasteiger partial charge in [-0.05, 0) is 18.2 Å². The quantitative estimate of drug-likeness (QED) is 0.745. The number of fused-ring (bicyclic) bond motifs is 1. The molecule has 110 valence electrons. The minimum atomic E-state index is -0.706. The summed E-state index contributed by atoms with van der Waals surface area (Å²) < 4.78 is 18.1. The predicted octanol–water partition coefficient (Wildman–Crippen LogP) is 2.10. The zero-order valence-corrected chi connectivity index (χ0v) is 11.4. The minimum absolute atomic E-state index is 0.0220. The molecule has 0 radical (unpaired) electrons. The molecule has 7 heteroatoms. The van der Waals surface area contributed by atoms with Crippen LogP contribution in [0.1, 0.15) is 16.2 Å². The van der Waals surface area contributed by atoms with E-state index in [0.29, 0.717) is 11.3 Å². The van der Waals surface area contributed by atoms with Gasteiger partial charge < -0.3 is 10.5 Å². The van der Waals surface area contributed by atoms with E-state index < -0.39 is 11.8 Å².